The van der Waals surface area contributed by atoms with Crippen LogP contribution >= 0.6 is 0 Å². The van der Waals surface area contributed by atoms with Crippen LogP contribution in [0.2, 0.25) is 0 Å². The van der Waals surface area contributed by atoms with E-state index < -0.39 is 0 Å². The Kier molecular flexibility index (Phi) is 3.84. The molecule has 0 atom stereocenters. The second kappa shape index (κ2) is 5.94. The largest absolute Gasteiger partial charge is 0.388 e. The van der Waals surface area contributed by atoms with Crippen molar-refractivity contribution in [3.8, 4) is 5.69 Å². The van der Waals surface area contributed by atoms with Crippen molar-refractivity contribution in [2.45, 2.75) is 6.92 Å². The lowest BCUT2D eigenvalue weighted by atomic mass is 10.1. The lowest BCUT2D eigenvalue weighted by Crippen LogP contribution is -1.98. The van der Waals surface area contributed by atoms with Crippen LogP contribution in [0.15, 0.2) is 61.2 Å². The molecular weight excluding hydrogens is 268 g/mol. The van der Waals surface area contributed by atoms with Gasteiger partial charge in [-0.2, -0.15) is 0 Å². The molecule has 0 saturated carbocycles. The molecule has 0 aliphatic heterocycles. The van der Waals surface area contributed by atoms with Crippen LogP contribution in [0.3, 0.4) is 0 Å². The molecular formula is C20H20N2. The summed E-state index contributed by atoms with van der Waals surface area (Å²) in [4.78, 5) is 0. The number of fused-ring (bicyclic) bond motifs is 1. The van der Waals surface area contributed by atoms with Crippen LogP contribution in [0.5, 0.6) is 0 Å². The second-order valence-corrected chi connectivity index (χ2v) is 5.16. The molecule has 0 amide bonds. The molecule has 0 spiro atoms. The van der Waals surface area contributed by atoms with Crippen LogP contribution in [0, 0.1) is 0 Å². The highest BCUT2D eigenvalue weighted by molar-refractivity contribution is 5.95. The third-order valence-electron chi connectivity index (χ3n) is 3.87. The van der Waals surface area contributed by atoms with E-state index >= 15 is 0 Å². The van der Waals surface area contributed by atoms with Crippen molar-refractivity contribution in [3.63, 3.8) is 0 Å². The number of nitrogens with zero attached hydrogens (tertiary/aromatic N) is 1. The second-order valence-electron chi connectivity index (χ2n) is 5.16. The fourth-order valence-corrected chi connectivity index (χ4v) is 2.91. The fraction of sp³-hybridized carbons (Fsp3) is 0.100. The number of aromatic nitrogens is 1. The number of hydrogen-bond acceptors (Lipinski definition) is 1. The van der Waals surface area contributed by atoms with Crippen LogP contribution in [-0.4, -0.2) is 11.6 Å². The van der Waals surface area contributed by atoms with Crippen molar-refractivity contribution in [1.82, 2.24) is 4.57 Å². The molecule has 0 saturated heterocycles. The first-order valence-corrected chi connectivity index (χ1v) is 7.47. The minimum Gasteiger partial charge on any atom is -0.388 e. The van der Waals surface area contributed by atoms with Crippen LogP contribution in [-0.2, 0) is 0 Å². The van der Waals surface area contributed by atoms with E-state index in [0.717, 1.165) is 17.1 Å². The summed E-state index contributed by atoms with van der Waals surface area (Å²) in [5.41, 5.74) is 5.75. The minimum atomic E-state index is 1.10. The molecule has 110 valence electrons. The van der Waals surface area contributed by atoms with Crippen molar-refractivity contribution in [1.29, 1.82) is 0 Å². The van der Waals surface area contributed by atoms with Gasteiger partial charge in [-0.25, -0.2) is 0 Å². The maximum atomic E-state index is 4.03. The van der Waals surface area contributed by atoms with Gasteiger partial charge in [0.15, 0.2) is 0 Å². The van der Waals surface area contributed by atoms with Crippen LogP contribution in [0.1, 0.15) is 18.2 Å². The zero-order valence-corrected chi connectivity index (χ0v) is 13.0. The maximum absolute atomic E-state index is 4.03. The molecule has 0 radical (unpaired) electrons. The Morgan fingerprint density at radius 2 is 1.91 bits per heavy atom. The summed E-state index contributed by atoms with van der Waals surface area (Å²) in [5, 5.41) is 4.44. The molecule has 0 aliphatic rings. The molecule has 2 heteroatoms. The van der Waals surface area contributed by atoms with E-state index in [2.05, 4.69) is 77.1 Å². The van der Waals surface area contributed by atoms with Crippen molar-refractivity contribution in [2.24, 2.45) is 0 Å². The van der Waals surface area contributed by atoms with Crippen LogP contribution in [0.4, 0.5) is 5.69 Å². The highest BCUT2D eigenvalue weighted by atomic mass is 15.0. The number of anilines is 1. The summed E-state index contributed by atoms with van der Waals surface area (Å²) in [6.07, 6.45) is 6.16. The van der Waals surface area contributed by atoms with E-state index in [9.17, 15) is 0 Å². The molecule has 0 fully saturated rings. The highest BCUT2D eigenvalue weighted by Crippen LogP contribution is 2.32. The van der Waals surface area contributed by atoms with Gasteiger partial charge in [-0.1, -0.05) is 43.0 Å². The zero-order chi connectivity index (χ0) is 15.5. The molecule has 3 rings (SSSR count). The molecule has 0 aliphatic carbocycles. The fourth-order valence-electron chi connectivity index (χ4n) is 2.91. The van der Waals surface area contributed by atoms with Crippen molar-refractivity contribution < 1.29 is 0 Å². The van der Waals surface area contributed by atoms with E-state index in [0.29, 0.717) is 0 Å². The lowest BCUT2D eigenvalue weighted by Gasteiger charge is -2.11. The first-order valence-electron chi connectivity index (χ1n) is 7.47. The number of benzene rings is 2. The predicted molar refractivity (Wildman–Crippen MR) is 97.6 cm³/mol. The van der Waals surface area contributed by atoms with E-state index in [4.69, 9.17) is 0 Å². The number of para-hydroxylation sites is 1. The Morgan fingerprint density at radius 1 is 1.09 bits per heavy atom. The summed E-state index contributed by atoms with van der Waals surface area (Å²) in [5.74, 6) is 0. The Bertz CT molecular complexity index is 853. The molecule has 2 nitrogen and oxygen atoms in total. The number of allylic oxidation sites excluding steroid dienone is 1. The molecule has 1 N–H and O–H groups in total. The predicted octanol–water partition coefficient (Wildman–Crippen LogP) is 5.35. The minimum absolute atomic E-state index is 1.10. The first-order chi connectivity index (χ1) is 10.8. The smallest absolute Gasteiger partial charge is 0.0541 e. The Balaban J connectivity index is 2.39. The normalized spacial score (nSPS) is 11.2. The van der Waals surface area contributed by atoms with Crippen molar-refractivity contribution in [2.75, 3.05) is 12.4 Å². The van der Waals surface area contributed by atoms with E-state index in [1.165, 1.54) is 16.5 Å². The van der Waals surface area contributed by atoms with E-state index in [1.807, 2.05) is 20.0 Å². The quantitative estimate of drug-likeness (QED) is 0.685. The molecule has 2 aromatic carbocycles. The molecule has 1 heterocycles. The van der Waals surface area contributed by atoms with Gasteiger partial charge in [0.1, 0.15) is 0 Å². The Labute approximate surface area is 131 Å². The SMILES string of the molecule is C=Cc1c(/C=C\C)c2ccccc2n1-c1cccc(NC)c1. The third-order valence-corrected chi connectivity index (χ3v) is 3.87. The topological polar surface area (TPSA) is 17.0 Å². The van der Waals surface area contributed by atoms with Gasteiger partial charge in [0.05, 0.1) is 11.2 Å². The maximum Gasteiger partial charge on any atom is 0.0541 e. The van der Waals surface area contributed by atoms with E-state index in [-0.39, 0.29) is 0 Å². The molecule has 22 heavy (non-hydrogen) atoms. The molecule has 1 aromatic heterocycles. The van der Waals surface area contributed by atoms with Crippen LogP contribution < -0.4 is 5.32 Å². The third kappa shape index (κ3) is 2.23. The first kappa shape index (κ1) is 14.2. The van der Waals surface area contributed by atoms with Gasteiger partial charge in [0, 0.05) is 29.4 Å². The lowest BCUT2D eigenvalue weighted by molar-refractivity contribution is 1.11. The van der Waals surface area contributed by atoms with Crippen LogP contribution in [0.25, 0.3) is 28.7 Å². The molecule has 0 unspecified atom stereocenters. The standard InChI is InChI=1S/C20H20N2/c1-4-9-17-18-12-6-7-13-20(18)22(19(17)5-2)16-11-8-10-15(14-16)21-3/h4-14,21H,2H2,1,3H3/b9-4-. The average molecular weight is 288 g/mol. The number of rotatable bonds is 4. The van der Waals surface area contributed by atoms with Crippen molar-refractivity contribution >= 4 is 28.7 Å². The number of hydrogen-bond donors (Lipinski definition) is 1. The summed E-state index contributed by atoms with van der Waals surface area (Å²) in [6.45, 7) is 6.07. The van der Waals surface area contributed by atoms with E-state index in [1.54, 1.807) is 0 Å². The number of nitrogens with one attached hydrogen (secondary N) is 1. The molecule has 0 bridgehead atoms. The van der Waals surface area contributed by atoms with Gasteiger partial charge in [0.25, 0.3) is 0 Å². The summed E-state index contributed by atoms with van der Waals surface area (Å²) < 4.78 is 2.26. The Morgan fingerprint density at radius 3 is 2.64 bits per heavy atom. The van der Waals surface area contributed by atoms with Gasteiger partial charge in [0.2, 0.25) is 0 Å². The zero-order valence-electron chi connectivity index (χ0n) is 13.0. The molecule has 3 aromatic rings. The summed E-state index contributed by atoms with van der Waals surface area (Å²) >= 11 is 0. The van der Waals surface area contributed by atoms with Gasteiger partial charge < -0.3 is 9.88 Å². The van der Waals surface area contributed by atoms with Gasteiger partial charge in [-0.15, -0.1) is 0 Å². The average Bonchev–Trinajstić information content (AvgIpc) is 2.89. The highest BCUT2D eigenvalue weighted by Gasteiger charge is 2.14. The van der Waals surface area contributed by atoms with Gasteiger partial charge in [-0.3, -0.25) is 0 Å². The van der Waals surface area contributed by atoms with Crippen molar-refractivity contribution in [3.05, 3.63) is 72.4 Å². The Hall–Kier alpha value is -2.74. The summed E-state index contributed by atoms with van der Waals surface area (Å²) in [6, 6.07) is 16.9. The van der Waals surface area contributed by atoms with Gasteiger partial charge in [-0.05, 0) is 37.3 Å². The summed E-state index contributed by atoms with van der Waals surface area (Å²) in [7, 11) is 1.94. The van der Waals surface area contributed by atoms with Gasteiger partial charge >= 0.3 is 0 Å². The monoisotopic (exact) mass is 288 g/mol.